The number of benzene rings is 3. The number of sulfonamides is 1. The van der Waals surface area contributed by atoms with Crippen molar-refractivity contribution >= 4 is 26.9 Å². The van der Waals surface area contributed by atoms with Gasteiger partial charge in [-0.25, -0.2) is 0 Å². The van der Waals surface area contributed by atoms with E-state index in [0.717, 1.165) is 5.52 Å². The van der Waals surface area contributed by atoms with Gasteiger partial charge in [-0.2, -0.15) is 17.9 Å². The van der Waals surface area contributed by atoms with E-state index in [-0.39, 0.29) is 4.90 Å². The molecule has 0 saturated heterocycles. The molecule has 7 nitrogen and oxygen atoms in total. The smallest absolute Gasteiger partial charge is 0.200 e. The minimum Gasteiger partial charge on any atom is -0.200 e. The van der Waals surface area contributed by atoms with Crippen molar-refractivity contribution < 1.29 is 8.42 Å². The predicted octanol–water partition coefficient (Wildman–Crippen LogP) is 2.62. The maximum atomic E-state index is 12.5. The summed E-state index contributed by atoms with van der Waals surface area (Å²) in [6.45, 7) is 0. The largest absolute Gasteiger partial charge is 0.276 e. The molecule has 0 aliphatic carbocycles. The summed E-state index contributed by atoms with van der Waals surface area (Å²) in [6, 6.07) is 24.7. The van der Waals surface area contributed by atoms with Crippen LogP contribution in [0.1, 0.15) is 5.56 Å². The standard InChI is InChI=1S/C19H15N5O2S/c25-27(26,16-11-5-2-6-12-16)23-21-19(15-9-3-1-4-10-15)24-18-14-8-7-13-17(18)20-22-24/h1-14,23H/b21-19+. The van der Waals surface area contributed by atoms with Crippen molar-refractivity contribution in [1.82, 2.24) is 19.8 Å². The van der Waals surface area contributed by atoms with Crippen LogP contribution in [0.2, 0.25) is 0 Å². The monoisotopic (exact) mass is 377 g/mol. The Hall–Kier alpha value is -3.52. The van der Waals surface area contributed by atoms with Crippen molar-refractivity contribution in [1.29, 1.82) is 0 Å². The van der Waals surface area contributed by atoms with Crippen molar-refractivity contribution in [3.63, 3.8) is 0 Å². The Labute approximate surface area is 156 Å². The van der Waals surface area contributed by atoms with Gasteiger partial charge in [-0.1, -0.05) is 65.9 Å². The molecule has 3 aromatic carbocycles. The highest BCUT2D eigenvalue weighted by atomic mass is 32.2. The molecule has 0 atom stereocenters. The van der Waals surface area contributed by atoms with E-state index in [1.165, 1.54) is 16.8 Å². The van der Waals surface area contributed by atoms with Crippen molar-refractivity contribution in [2.45, 2.75) is 4.90 Å². The third-order valence-corrected chi connectivity index (χ3v) is 5.13. The third kappa shape index (κ3) is 3.42. The Morgan fingerprint density at radius 1 is 0.852 bits per heavy atom. The Morgan fingerprint density at radius 3 is 2.22 bits per heavy atom. The molecular formula is C19H15N5O2S. The van der Waals surface area contributed by atoms with Gasteiger partial charge in [0.2, 0.25) is 0 Å². The molecule has 1 N–H and O–H groups in total. The lowest BCUT2D eigenvalue weighted by Gasteiger charge is -2.09. The van der Waals surface area contributed by atoms with E-state index in [1.807, 2.05) is 54.6 Å². The van der Waals surface area contributed by atoms with Crippen LogP contribution in [0.4, 0.5) is 0 Å². The fourth-order valence-electron chi connectivity index (χ4n) is 2.60. The van der Waals surface area contributed by atoms with Crippen LogP contribution in [0.25, 0.3) is 11.0 Å². The molecule has 0 aliphatic rings. The number of rotatable bonds is 4. The second kappa shape index (κ2) is 7.00. The summed E-state index contributed by atoms with van der Waals surface area (Å²) in [6.07, 6.45) is 0. The van der Waals surface area contributed by atoms with Crippen molar-refractivity contribution in [3.05, 3.63) is 90.5 Å². The first kappa shape index (κ1) is 16.9. The molecule has 0 saturated carbocycles. The van der Waals surface area contributed by atoms with Gasteiger partial charge in [0, 0.05) is 5.56 Å². The van der Waals surface area contributed by atoms with Gasteiger partial charge in [0.1, 0.15) is 5.52 Å². The van der Waals surface area contributed by atoms with E-state index in [2.05, 4.69) is 20.2 Å². The number of hydrogen-bond acceptors (Lipinski definition) is 5. The van der Waals surface area contributed by atoms with Crippen LogP contribution in [0.15, 0.2) is 94.9 Å². The Bertz CT molecular complexity index is 1200. The number of nitrogens with zero attached hydrogens (tertiary/aromatic N) is 4. The third-order valence-electron chi connectivity index (χ3n) is 3.91. The van der Waals surface area contributed by atoms with Crippen molar-refractivity contribution in [2.24, 2.45) is 5.10 Å². The summed E-state index contributed by atoms with van der Waals surface area (Å²) in [4.78, 5) is 2.43. The molecule has 4 aromatic rings. The molecule has 0 unspecified atom stereocenters. The predicted molar refractivity (Wildman–Crippen MR) is 103 cm³/mol. The fourth-order valence-corrected chi connectivity index (χ4v) is 3.43. The maximum Gasteiger partial charge on any atom is 0.276 e. The van der Waals surface area contributed by atoms with Crippen LogP contribution in [0, 0.1) is 0 Å². The molecule has 0 aliphatic heterocycles. The van der Waals surface area contributed by atoms with Crippen LogP contribution in [-0.4, -0.2) is 29.2 Å². The highest BCUT2D eigenvalue weighted by Gasteiger charge is 2.16. The summed E-state index contributed by atoms with van der Waals surface area (Å²) in [5.41, 5.74) is 2.11. The Balaban J connectivity index is 1.81. The van der Waals surface area contributed by atoms with Crippen LogP contribution < -0.4 is 4.83 Å². The van der Waals surface area contributed by atoms with Gasteiger partial charge in [0.05, 0.1) is 10.4 Å². The highest BCUT2D eigenvalue weighted by Crippen LogP contribution is 2.14. The van der Waals surface area contributed by atoms with Gasteiger partial charge in [-0.05, 0) is 24.3 Å². The second-order valence-corrected chi connectivity index (χ2v) is 7.36. The highest BCUT2D eigenvalue weighted by molar-refractivity contribution is 7.89. The second-order valence-electron chi connectivity index (χ2n) is 5.70. The lowest BCUT2D eigenvalue weighted by Crippen LogP contribution is -2.24. The Morgan fingerprint density at radius 2 is 1.48 bits per heavy atom. The van der Waals surface area contributed by atoms with E-state index < -0.39 is 10.0 Å². The van der Waals surface area contributed by atoms with Crippen molar-refractivity contribution in [2.75, 3.05) is 0 Å². The summed E-state index contributed by atoms with van der Waals surface area (Å²) in [7, 11) is -3.81. The minimum atomic E-state index is -3.81. The quantitative estimate of drug-likeness (QED) is 0.336. The normalized spacial score (nSPS) is 12.2. The van der Waals surface area contributed by atoms with Crippen LogP contribution in [-0.2, 0) is 10.0 Å². The Kier molecular flexibility index (Phi) is 4.39. The summed E-state index contributed by atoms with van der Waals surface area (Å²) >= 11 is 0. The van der Waals surface area contributed by atoms with Gasteiger partial charge < -0.3 is 0 Å². The first-order valence-electron chi connectivity index (χ1n) is 8.16. The van der Waals surface area contributed by atoms with E-state index >= 15 is 0 Å². The number of hydrogen-bond donors (Lipinski definition) is 1. The fraction of sp³-hybridized carbons (Fsp3) is 0. The number of nitrogens with one attached hydrogen (secondary N) is 1. The lowest BCUT2D eigenvalue weighted by atomic mass is 10.2. The average Bonchev–Trinajstić information content (AvgIpc) is 3.14. The number of fused-ring (bicyclic) bond motifs is 1. The van der Waals surface area contributed by atoms with Gasteiger partial charge in [-0.3, -0.25) is 0 Å². The summed E-state index contributed by atoms with van der Waals surface area (Å²) in [5, 5.41) is 12.4. The minimum absolute atomic E-state index is 0.129. The van der Waals surface area contributed by atoms with E-state index in [0.29, 0.717) is 16.9 Å². The molecule has 27 heavy (non-hydrogen) atoms. The topological polar surface area (TPSA) is 89.2 Å². The summed E-state index contributed by atoms with van der Waals surface area (Å²) < 4.78 is 26.6. The average molecular weight is 377 g/mol. The zero-order valence-corrected chi connectivity index (χ0v) is 14.9. The molecule has 0 fully saturated rings. The maximum absolute atomic E-state index is 12.5. The van der Waals surface area contributed by atoms with E-state index in [4.69, 9.17) is 0 Å². The molecule has 0 amide bonds. The van der Waals surface area contributed by atoms with Crippen LogP contribution in [0.5, 0.6) is 0 Å². The first-order valence-corrected chi connectivity index (χ1v) is 9.64. The molecule has 1 aromatic heterocycles. The van der Waals surface area contributed by atoms with Gasteiger partial charge in [-0.15, -0.1) is 10.2 Å². The zero-order chi connectivity index (χ0) is 18.7. The number of aromatic nitrogens is 3. The van der Waals surface area contributed by atoms with E-state index in [9.17, 15) is 8.42 Å². The first-order chi connectivity index (χ1) is 13.1. The number of para-hydroxylation sites is 1. The lowest BCUT2D eigenvalue weighted by molar-refractivity contribution is 0.584. The molecule has 0 radical (unpaired) electrons. The zero-order valence-electron chi connectivity index (χ0n) is 14.1. The molecule has 4 rings (SSSR count). The molecule has 8 heteroatoms. The molecule has 0 bridgehead atoms. The number of hydrazone groups is 1. The van der Waals surface area contributed by atoms with E-state index in [1.54, 1.807) is 18.2 Å². The van der Waals surface area contributed by atoms with Crippen molar-refractivity contribution in [3.8, 4) is 0 Å². The van der Waals surface area contributed by atoms with Crippen LogP contribution in [0.3, 0.4) is 0 Å². The van der Waals surface area contributed by atoms with Gasteiger partial charge in [0.15, 0.2) is 5.84 Å². The molecule has 1 heterocycles. The molecular weight excluding hydrogens is 362 g/mol. The van der Waals surface area contributed by atoms with Gasteiger partial charge >= 0.3 is 0 Å². The summed E-state index contributed by atoms with van der Waals surface area (Å²) in [5.74, 6) is 0.323. The SMILES string of the molecule is O=S(=O)(N/N=C(\c1ccccc1)n1nnc2ccccc21)c1ccccc1. The molecule has 134 valence electrons. The van der Waals surface area contributed by atoms with Crippen LogP contribution >= 0.6 is 0 Å². The molecule has 0 spiro atoms. The van der Waals surface area contributed by atoms with Gasteiger partial charge in [0.25, 0.3) is 10.0 Å².